The monoisotopic (exact) mass is 299 g/mol. The second kappa shape index (κ2) is 5.79. The third-order valence-corrected chi connectivity index (χ3v) is 3.34. The molecule has 21 heavy (non-hydrogen) atoms. The fourth-order valence-corrected chi connectivity index (χ4v) is 2.27. The Kier molecular flexibility index (Phi) is 4.25. The molecule has 1 N–H and O–H groups in total. The fraction of sp³-hybridized carbons (Fsp3) is 0.400. The van der Waals surface area contributed by atoms with Crippen LogP contribution in [0.25, 0.3) is 0 Å². The van der Waals surface area contributed by atoms with Crippen molar-refractivity contribution in [3.8, 4) is 5.75 Å². The summed E-state index contributed by atoms with van der Waals surface area (Å²) in [4.78, 5) is 11.8. The molecule has 0 bridgehead atoms. The number of carbonyl (C=O) groups excluding carboxylic acids is 1. The summed E-state index contributed by atoms with van der Waals surface area (Å²) in [6.07, 6.45) is -3.41. The summed E-state index contributed by atoms with van der Waals surface area (Å²) < 4.78 is 40.0. The Balaban J connectivity index is 2.10. The molecule has 1 aliphatic rings. The summed E-state index contributed by atoms with van der Waals surface area (Å²) in [5.41, 5.74) is 2.13. The summed E-state index contributed by atoms with van der Waals surface area (Å²) in [7, 11) is 0. The first kappa shape index (κ1) is 15.4. The van der Waals surface area contributed by atoms with Gasteiger partial charge in [-0.2, -0.15) is 0 Å². The van der Waals surface area contributed by atoms with E-state index in [-0.39, 0.29) is 17.5 Å². The number of anilines is 1. The molecule has 1 aliphatic carbocycles. The van der Waals surface area contributed by atoms with Gasteiger partial charge >= 0.3 is 6.36 Å². The number of alkyl halides is 3. The highest BCUT2D eigenvalue weighted by Gasteiger charge is 2.31. The first-order valence-corrected chi connectivity index (χ1v) is 6.60. The minimum absolute atomic E-state index is 0.105. The highest BCUT2D eigenvalue weighted by Crippen LogP contribution is 2.29. The zero-order chi connectivity index (χ0) is 15.6. The maximum atomic E-state index is 12.1. The highest BCUT2D eigenvalue weighted by atomic mass is 19.4. The quantitative estimate of drug-likeness (QED) is 0.905. The first-order valence-electron chi connectivity index (χ1n) is 6.60. The van der Waals surface area contributed by atoms with Gasteiger partial charge in [0.05, 0.1) is 0 Å². The normalized spacial score (nSPS) is 19.7. The summed E-state index contributed by atoms with van der Waals surface area (Å²) in [6, 6.07) is 5.45. The van der Waals surface area contributed by atoms with E-state index < -0.39 is 6.36 Å². The number of carbonyl (C=O) groups is 1. The molecule has 0 aliphatic heterocycles. The summed E-state index contributed by atoms with van der Waals surface area (Å²) in [5.74, 6) is 0.0941. The van der Waals surface area contributed by atoms with Gasteiger partial charge in [0.2, 0.25) is 0 Å². The Morgan fingerprint density at radius 2 is 1.81 bits per heavy atom. The predicted molar refractivity (Wildman–Crippen MR) is 72.9 cm³/mol. The van der Waals surface area contributed by atoms with Gasteiger partial charge < -0.3 is 10.1 Å². The minimum Gasteiger partial charge on any atom is -0.406 e. The molecule has 1 aromatic carbocycles. The molecule has 0 radical (unpaired) electrons. The molecular formula is C15H16F3NO2. The van der Waals surface area contributed by atoms with E-state index in [1.165, 1.54) is 24.3 Å². The first-order chi connectivity index (χ1) is 9.74. The van der Waals surface area contributed by atoms with Gasteiger partial charge in [-0.15, -0.1) is 13.2 Å². The minimum atomic E-state index is -4.70. The molecule has 0 amide bonds. The molecule has 0 aromatic heterocycles. The van der Waals surface area contributed by atoms with Gasteiger partial charge in [-0.05, 0) is 43.5 Å². The van der Waals surface area contributed by atoms with Crippen molar-refractivity contribution < 1.29 is 22.7 Å². The van der Waals surface area contributed by atoms with E-state index in [1.54, 1.807) is 6.92 Å². The van der Waals surface area contributed by atoms with E-state index in [0.717, 1.165) is 12.1 Å². The third-order valence-electron chi connectivity index (χ3n) is 3.34. The van der Waals surface area contributed by atoms with Gasteiger partial charge in [-0.25, -0.2) is 0 Å². The molecule has 6 heteroatoms. The Hall–Kier alpha value is -1.98. The van der Waals surface area contributed by atoms with Crippen LogP contribution in [0.3, 0.4) is 0 Å². The van der Waals surface area contributed by atoms with Crippen LogP contribution in [0.15, 0.2) is 35.5 Å². The van der Waals surface area contributed by atoms with Gasteiger partial charge in [0.25, 0.3) is 0 Å². The number of nitrogens with one attached hydrogen (secondary N) is 1. The maximum Gasteiger partial charge on any atom is 0.573 e. The van der Waals surface area contributed by atoms with Gasteiger partial charge in [0.15, 0.2) is 5.78 Å². The highest BCUT2D eigenvalue weighted by molar-refractivity contribution is 5.97. The number of halogens is 3. The molecule has 2 rings (SSSR count). The second-order valence-electron chi connectivity index (χ2n) is 5.24. The summed E-state index contributed by atoms with van der Waals surface area (Å²) in [6.45, 7) is 3.75. The number of rotatable bonds is 3. The second-order valence-corrected chi connectivity index (χ2v) is 5.24. The van der Waals surface area contributed by atoms with Crippen molar-refractivity contribution in [1.29, 1.82) is 0 Å². The third kappa shape index (κ3) is 4.24. The van der Waals surface area contributed by atoms with E-state index in [4.69, 9.17) is 0 Å². The molecule has 0 unspecified atom stereocenters. The molecule has 0 saturated carbocycles. The molecule has 1 aromatic rings. The fourth-order valence-electron chi connectivity index (χ4n) is 2.27. The van der Waals surface area contributed by atoms with Crippen LogP contribution in [0.5, 0.6) is 5.75 Å². The van der Waals surface area contributed by atoms with Crippen LogP contribution in [0.2, 0.25) is 0 Å². The average Bonchev–Trinajstić information content (AvgIpc) is 2.36. The van der Waals surface area contributed by atoms with Crippen molar-refractivity contribution in [2.75, 3.05) is 5.32 Å². The molecule has 114 valence electrons. The lowest BCUT2D eigenvalue weighted by Crippen LogP contribution is -2.20. The Bertz CT molecular complexity index is 561. The zero-order valence-electron chi connectivity index (χ0n) is 11.8. The van der Waals surface area contributed by atoms with Gasteiger partial charge in [-0.3, -0.25) is 4.79 Å². The van der Waals surface area contributed by atoms with Gasteiger partial charge in [-0.1, -0.05) is 6.92 Å². The zero-order valence-corrected chi connectivity index (χ0v) is 11.8. The number of hydrogen-bond donors (Lipinski definition) is 1. The Morgan fingerprint density at radius 3 is 2.38 bits per heavy atom. The number of allylic oxidation sites excluding steroid dienone is 2. The van der Waals surface area contributed by atoms with Crippen molar-refractivity contribution in [3.63, 3.8) is 0 Å². The number of ketones is 1. The van der Waals surface area contributed by atoms with Crippen LogP contribution in [-0.4, -0.2) is 12.1 Å². The average molecular weight is 299 g/mol. The van der Waals surface area contributed by atoms with E-state index in [1.807, 2.05) is 6.92 Å². The molecule has 0 spiro atoms. The number of hydrogen-bond acceptors (Lipinski definition) is 3. The van der Waals surface area contributed by atoms with Crippen LogP contribution in [0.1, 0.15) is 26.7 Å². The van der Waals surface area contributed by atoms with Crippen molar-refractivity contribution in [3.05, 3.63) is 35.5 Å². The lowest BCUT2D eigenvalue weighted by Gasteiger charge is -2.23. The van der Waals surface area contributed by atoms with E-state index in [9.17, 15) is 18.0 Å². The summed E-state index contributed by atoms with van der Waals surface area (Å²) in [5, 5.41) is 3.10. The van der Waals surface area contributed by atoms with Crippen molar-refractivity contribution in [2.24, 2.45) is 5.92 Å². The van der Waals surface area contributed by atoms with Crippen LogP contribution in [-0.2, 0) is 4.79 Å². The topological polar surface area (TPSA) is 38.3 Å². The largest absolute Gasteiger partial charge is 0.573 e. The van der Waals surface area contributed by atoms with Crippen molar-refractivity contribution in [1.82, 2.24) is 0 Å². The molecule has 0 heterocycles. The molecule has 0 fully saturated rings. The van der Waals surface area contributed by atoms with Gasteiger partial charge in [0, 0.05) is 23.4 Å². The van der Waals surface area contributed by atoms with Crippen molar-refractivity contribution in [2.45, 2.75) is 33.1 Å². The number of ether oxygens (including phenoxy) is 1. The standard InChI is InChI=1S/C15H16F3NO2/c1-9-7-13(10(2)14(20)8-9)19-11-3-5-12(6-4-11)21-15(16,17)18/h3-6,9,19H,7-8H2,1-2H3/t9-/m1/s1. The van der Waals surface area contributed by atoms with Crippen LogP contribution >= 0.6 is 0 Å². The molecule has 1 atom stereocenters. The van der Waals surface area contributed by atoms with E-state index in [2.05, 4.69) is 10.1 Å². The summed E-state index contributed by atoms with van der Waals surface area (Å²) >= 11 is 0. The van der Waals surface area contributed by atoms with Crippen LogP contribution < -0.4 is 10.1 Å². The van der Waals surface area contributed by atoms with Gasteiger partial charge in [0.1, 0.15) is 5.75 Å². The lowest BCUT2D eigenvalue weighted by molar-refractivity contribution is -0.274. The Morgan fingerprint density at radius 1 is 1.19 bits per heavy atom. The van der Waals surface area contributed by atoms with Crippen molar-refractivity contribution >= 4 is 11.5 Å². The molecular weight excluding hydrogens is 283 g/mol. The van der Waals surface area contributed by atoms with E-state index >= 15 is 0 Å². The Labute approximate surface area is 120 Å². The lowest BCUT2D eigenvalue weighted by atomic mass is 9.88. The van der Waals surface area contributed by atoms with E-state index in [0.29, 0.717) is 17.7 Å². The maximum absolute atomic E-state index is 12.1. The smallest absolute Gasteiger partial charge is 0.406 e. The predicted octanol–water partition coefficient (Wildman–Crippen LogP) is 4.27. The number of benzene rings is 1. The molecule has 3 nitrogen and oxygen atoms in total. The van der Waals surface area contributed by atoms with Crippen LogP contribution in [0.4, 0.5) is 18.9 Å². The van der Waals surface area contributed by atoms with Crippen LogP contribution in [0, 0.1) is 5.92 Å². The SMILES string of the molecule is CC1=C(Nc2ccc(OC(F)(F)F)cc2)C[C@@H](C)CC1=O. The molecule has 0 saturated heterocycles. The number of Topliss-reactive ketones (excluding diaryl/α,β-unsaturated/α-hetero) is 1.